The molecule has 1 aromatic carbocycles. The fourth-order valence-electron chi connectivity index (χ4n) is 1.98. The van der Waals surface area contributed by atoms with Crippen LogP contribution < -0.4 is 5.32 Å². The van der Waals surface area contributed by atoms with Gasteiger partial charge in [0.1, 0.15) is 0 Å². The van der Waals surface area contributed by atoms with Crippen molar-refractivity contribution in [1.29, 1.82) is 0 Å². The van der Waals surface area contributed by atoms with Crippen molar-refractivity contribution in [3.8, 4) is 11.3 Å². The third-order valence-corrected chi connectivity index (χ3v) is 2.71. The summed E-state index contributed by atoms with van der Waals surface area (Å²) in [6, 6.07) is 8.62. The number of benzene rings is 1. The third kappa shape index (κ3) is 2.94. The molecule has 17 heavy (non-hydrogen) atoms. The van der Waals surface area contributed by atoms with Gasteiger partial charge in [-0.1, -0.05) is 24.1 Å². The number of aryl methyl sites for hydroxylation is 2. The van der Waals surface area contributed by atoms with Crippen LogP contribution in [0.2, 0.25) is 0 Å². The van der Waals surface area contributed by atoms with E-state index in [2.05, 4.69) is 60.6 Å². The Balaban J connectivity index is 2.24. The average Bonchev–Trinajstić information content (AvgIpc) is 2.73. The minimum absolute atomic E-state index is 0.842. The van der Waals surface area contributed by atoms with Crippen LogP contribution >= 0.6 is 0 Å². The summed E-state index contributed by atoms with van der Waals surface area (Å²) in [5, 5.41) is 10.7. The summed E-state index contributed by atoms with van der Waals surface area (Å²) >= 11 is 0. The molecule has 3 heteroatoms. The van der Waals surface area contributed by atoms with Gasteiger partial charge in [-0.3, -0.25) is 5.10 Å². The maximum atomic E-state index is 4.36. The lowest BCUT2D eigenvalue weighted by atomic mass is 10.1. The number of rotatable bonds is 4. The number of nitrogens with zero attached hydrogens (tertiary/aromatic N) is 1. The van der Waals surface area contributed by atoms with Crippen molar-refractivity contribution in [2.24, 2.45) is 0 Å². The van der Waals surface area contributed by atoms with E-state index in [-0.39, 0.29) is 0 Å². The molecular weight excluding hydrogens is 210 g/mol. The molecule has 2 rings (SSSR count). The first-order valence-corrected chi connectivity index (χ1v) is 6.02. The maximum Gasteiger partial charge on any atom is 0.0924 e. The quantitative estimate of drug-likeness (QED) is 0.846. The summed E-state index contributed by atoms with van der Waals surface area (Å²) in [7, 11) is 0. The Morgan fingerprint density at radius 3 is 2.47 bits per heavy atom. The normalized spacial score (nSPS) is 10.8. The van der Waals surface area contributed by atoms with Crippen molar-refractivity contribution in [1.82, 2.24) is 15.5 Å². The molecule has 0 amide bonds. The number of H-pyrrole nitrogens is 1. The second kappa shape index (κ2) is 5.15. The molecule has 0 saturated carbocycles. The summed E-state index contributed by atoms with van der Waals surface area (Å²) in [6.45, 7) is 8.14. The van der Waals surface area contributed by atoms with E-state index >= 15 is 0 Å². The van der Waals surface area contributed by atoms with Crippen LogP contribution in [0.4, 0.5) is 0 Å². The molecule has 1 heterocycles. The molecule has 0 aliphatic heterocycles. The highest BCUT2D eigenvalue weighted by atomic mass is 15.1. The topological polar surface area (TPSA) is 40.7 Å². The van der Waals surface area contributed by atoms with Crippen LogP contribution in [0.5, 0.6) is 0 Å². The molecule has 0 spiro atoms. The Hall–Kier alpha value is -1.61. The van der Waals surface area contributed by atoms with Crippen LogP contribution in [0.3, 0.4) is 0 Å². The molecule has 0 bridgehead atoms. The van der Waals surface area contributed by atoms with E-state index in [1.807, 2.05) is 0 Å². The van der Waals surface area contributed by atoms with E-state index in [9.17, 15) is 0 Å². The monoisotopic (exact) mass is 229 g/mol. The highest BCUT2D eigenvalue weighted by Crippen LogP contribution is 2.20. The van der Waals surface area contributed by atoms with Crippen molar-refractivity contribution in [3.63, 3.8) is 0 Å². The molecule has 0 aliphatic rings. The van der Waals surface area contributed by atoms with Gasteiger partial charge in [0.15, 0.2) is 0 Å². The van der Waals surface area contributed by atoms with Gasteiger partial charge in [-0.15, -0.1) is 0 Å². The molecule has 90 valence electrons. The SMILES string of the molecule is CCNCc1cc(-c2cc(C)cc(C)c2)n[nH]1. The predicted molar refractivity (Wildman–Crippen MR) is 70.9 cm³/mol. The summed E-state index contributed by atoms with van der Waals surface area (Å²) in [5.41, 5.74) is 5.87. The minimum Gasteiger partial charge on any atom is -0.311 e. The van der Waals surface area contributed by atoms with E-state index < -0.39 is 0 Å². The van der Waals surface area contributed by atoms with Crippen LogP contribution in [0.15, 0.2) is 24.3 Å². The Bertz CT molecular complexity index is 480. The Morgan fingerprint density at radius 2 is 1.82 bits per heavy atom. The van der Waals surface area contributed by atoms with Gasteiger partial charge in [0.05, 0.1) is 5.69 Å². The zero-order chi connectivity index (χ0) is 12.3. The van der Waals surface area contributed by atoms with Gasteiger partial charge in [-0.2, -0.15) is 5.10 Å². The second-order valence-electron chi connectivity index (χ2n) is 4.44. The molecule has 0 unspecified atom stereocenters. The molecule has 3 nitrogen and oxygen atoms in total. The van der Waals surface area contributed by atoms with Crippen LogP contribution in [0.25, 0.3) is 11.3 Å². The number of hydrogen-bond donors (Lipinski definition) is 2. The highest BCUT2D eigenvalue weighted by Gasteiger charge is 2.04. The summed E-state index contributed by atoms with van der Waals surface area (Å²) in [6.07, 6.45) is 0. The largest absolute Gasteiger partial charge is 0.311 e. The van der Waals surface area contributed by atoms with Crippen molar-refractivity contribution in [2.45, 2.75) is 27.3 Å². The van der Waals surface area contributed by atoms with Gasteiger partial charge in [0.2, 0.25) is 0 Å². The van der Waals surface area contributed by atoms with Crippen LogP contribution in [-0.2, 0) is 6.54 Å². The summed E-state index contributed by atoms with van der Waals surface area (Å²) in [4.78, 5) is 0. The van der Waals surface area contributed by atoms with Gasteiger partial charge < -0.3 is 5.32 Å². The van der Waals surface area contributed by atoms with E-state index in [0.717, 1.165) is 24.5 Å². The lowest BCUT2D eigenvalue weighted by molar-refractivity contribution is 0.707. The average molecular weight is 229 g/mol. The lowest BCUT2D eigenvalue weighted by Gasteiger charge is -2.01. The summed E-state index contributed by atoms with van der Waals surface area (Å²) in [5.74, 6) is 0. The van der Waals surface area contributed by atoms with Gasteiger partial charge >= 0.3 is 0 Å². The van der Waals surface area contributed by atoms with E-state index in [1.54, 1.807) is 0 Å². The van der Waals surface area contributed by atoms with Gasteiger partial charge in [-0.05, 0) is 38.6 Å². The zero-order valence-corrected chi connectivity index (χ0v) is 10.7. The molecule has 0 saturated heterocycles. The number of hydrogen-bond acceptors (Lipinski definition) is 2. The Kier molecular flexibility index (Phi) is 3.59. The van der Waals surface area contributed by atoms with Crippen LogP contribution in [-0.4, -0.2) is 16.7 Å². The fraction of sp³-hybridized carbons (Fsp3) is 0.357. The first-order chi connectivity index (χ1) is 8.19. The molecule has 0 aliphatic carbocycles. The maximum absolute atomic E-state index is 4.36. The standard InChI is InChI=1S/C14H19N3/c1-4-15-9-13-8-14(17-16-13)12-6-10(2)5-11(3)7-12/h5-8,15H,4,9H2,1-3H3,(H,16,17). The highest BCUT2D eigenvalue weighted by molar-refractivity contribution is 5.61. The van der Waals surface area contributed by atoms with Crippen molar-refractivity contribution in [3.05, 3.63) is 41.1 Å². The second-order valence-corrected chi connectivity index (χ2v) is 4.44. The fourth-order valence-corrected chi connectivity index (χ4v) is 1.98. The first-order valence-electron chi connectivity index (χ1n) is 6.02. The number of aromatic amines is 1. The third-order valence-electron chi connectivity index (χ3n) is 2.71. The van der Waals surface area contributed by atoms with E-state index in [0.29, 0.717) is 0 Å². The predicted octanol–water partition coefficient (Wildman–Crippen LogP) is 2.80. The van der Waals surface area contributed by atoms with Crippen molar-refractivity contribution < 1.29 is 0 Å². The van der Waals surface area contributed by atoms with Gasteiger partial charge in [0.25, 0.3) is 0 Å². The smallest absolute Gasteiger partial charge is 0.0924 e. The van der Waals surface area contributed by atoms with E-state index in [4.69, 9.17) is 0 Å². The minimum atomic E-state index is 0.842. The molecular formula is C14H19N3. The van der Waals surface area contributed by atoms with Crippen molar-refractivity contribution in [2.75, 3.05) is 6.54 Å². The number of aromatic nitrogens is 2. The van der Waals surface area contributed by atoms with Crippen LogP contribution in [0, 0.1) is 13.8 Å². The molecule has 2 aromatic rings. The number of nitrogens with one attached hydrogen (secondary N) is 2. The van der Waals surface area contributed by atoms with Crippen LogP contribution in [0.1, 0.15) is 23.7 Å². The molecule has 0 fully saturated rings. The lowest BCUT2D eigenvalue weighted by Crippen LogP contribution is -2.11. The van der Waals surface area contributed by atoms with Crippen molar-refractivity contribution >= 4 is 0 Å². The van der Waals surface area contributed by atoms with Gasteiger partial charge in [-0.25, -0.2) is 0 Å². The molecule has 1 aromatic heterocycles. The Morgan fingerprint density at radius 1 is 1.12 bits per heavy atom. The summed E-state index contributed by atoms with van der Waals surface area (Å²) < 4.78 is 0. The zero-order valence-electron chi connectivity index (χ0n) is 10.7. The van der Waals surface area contributed by atoms with E-state index in [1.165, 1.54) is 16.7 Å². The first kappa shape index (κ1) is 11.9. The molecule has 0 radical (unpaired) electrons. The van der Waals surface area contributed by atoms with Gasteiger partial charge in [0, 0.05) is 17.8 Å². The molecule has 2 N–H and O–H groups in total. The Labute approximate surface area is 102 Å². The molecule has 0 atom stereocenters.